The van der Waals surface area contributed by atoms with Crippen molar-refractivity contribution in [2.45, 2.75) is 19.8 Å². The van der Waals surface area contributed by atoms with Crippen LogP contribution in [0.25, 0.3) is 0 Å². The van der Waals surface area contributed by atoms with Gasteiger partial charge in [0.2, 0.25) is 0 Å². The average Bonchev–Trinajstić information content (AvgIpc) is 2.53. The molecule has 7 heteroatoms. The van der Waals surface area contributed by atoms with E-state index in [-0.39, 0.29) is 16.9 Å². The van der Waals surface area contributed by atoms with Crippen LogP contribution in [0, 0.1) is 11.7 Å². The number of hydrogen-bond acceptors (Lipinski definition) is 6. The molecule has 0 radical (unpaired) electrons. The maximum absolute atomic E-state index is 14.4. The molecule has 0 spiro atoms. The Morgan fingerprint density at radius 3 is 2.42 bits per heavy atom. The molecule has 24 heavy (non-hydrogen) atoms. The van der Waals surface area contributed by atoms with Crippen LogP contribution in [-0.2, 0) is 19.1 Å². The van der Waals surface area contributed by atoms with E-state index < -0.39 is 29.6 Å². The maximum atomic E-state index is 14.4. The fraction of sp³-hybridized carbons (Fsp3) is 0.353. The minimum atomic E-state index is -0.966. The first-order chi connectivity index (χ1) is 11.3. The van der Waals surface area contributed by atoms with Crippen LogP contribution < -0.4 is 0 Å². The van der Waals surface area contributed by atoms with Crippen LogP contribution in [0.15, 0.2) is 34.5 Å². The lowest BCUT2D eigenvalue weighted by Gasteiger charge is -2.31. The summed E-state index contributed by atoms with van der Waals surface area (Å²) in [5, 5.41) is 9.42. The predicted octanol–water partition coefficient (Wildman–Crippen LogP) is 2.33. The molecular weight excluding hydrogens is 317 g/mol. The molecule has 1 N–H and O–H groups in total. The number of aromatic hydroxyl groups is 1. The van der Waals surface area contributed by atoms with Crippen molar-refractivity contribution in [2.24, 2.45) is 10.9 Å². The Labute approximate surface area is 138 Å². The molecule has 1 aliphatic rings. The van der Waals surface area contributed by atoms with Gasteiger partial charge in [0.15, 0.2) is 0 Å². The first-order valence-corrected chi connectivity index (χ1v) is 7.22. The molecule has 1 aromatic carbocycles. The van der Waals surface area contributed by atoms with Gasteiger partial charge < -0.3 is 14.6 Å². The van der Waals surface area contributed by atoms with Gasteiger partial charge in [-0.2, -0.15) is 0 Å². The molecule has 128 valence electrons. The topological polar surface area (TPSA) is 85.2 Å². The molecule has 0 saturated carbocycles. The third-order valence-corrected chi connectivity index (χ3v) is 4.01. The number of ether oxygens (including phenoxy) is 2. The monoisotopic (exact) mass is 335 g/mol. The zero-order valence-corrected chi connectivity index (χ0v) is 13.8. The molecule has 0 saturated heterocycles. The Morgan fingerprint density at radius 1 is 1.21 bits per heavy atom. The van der Waals surface area contributed by atoms with Crippen molar-refractivity contribution < 1.29 is 28.6 Å². The van der Waals surface area contributed by atoms with Crippen LogP contribution in [0.4, 0.5) is 4.39 Å². The Bertz CT molecular complexity index is 753. The van der Waals surface area contributed by atoms with Crippen LogP contribution >= 0.6 is 0 Å². The van der Waals surface area contributed by atoms with Crippen LogP contribution in [0.5, 0.6) is 5.75 Å². The van der Waals surface area contributed by atoms with Crippen LogP contribution in [0.1, 0.15) is 25.3 Å². The summed E-state index contributed by atoms with van der Waals surface area (Å²) in [5.74, 6) is -4.25. The van der Waals surface area contributed by atoms with E-state index >= 15 is 0 Å². The summed E-state index contributed by atoms with van der Waals surface area (Å²) in [6.07, 6.45) is 0. The number of nitrogens with zero attached hydrogens (tertiary/aromatic N) is 1. The molecule has 0 amide bonds. The van der Waals surface area contributed by atoms with Crippen molar-refractivity contribution in [2.75, 3.05) is 14.2 Å². The smallest absolute Gasteiger partial charge is 0.336 e. The molecule has 2 unspecified atom stereocenters. The van der Waals surface area contributed by atoms with E-state index in [1.807, 2.05) is 0 Å². The molecule has 2 atom stereocenters. The summed E-state index contributed by atoms with van der Waals surface area (Å²) in [4.78, 5) is 28.7. The Balaban J connectivity index is 2.72. The van der Waals surface area contributed by atoms with Crippen LogP contribution in [0.2, 0.25) is 0 Å². The third-order valence-electron chi connectivity index (χ3n) is 4.01. The number of carbonyl (C=O) groups is 2. The second-order valence-corrected chi connectivity index (χ2v) is 5.43. The van der Waals surface area contributed by atoms with Gasteiger partial charge in [-0.15, -0.1) is 0 Å². The fourth-order valence-electron chi connectivity index (χ4n) is 2.95. The van der Waals surface area contributed by atoms with Crippen molar-refractivity contribution in [3.63, 3.8) is 0 Å². The molecule has 0 aliphatic carbocycles. The summed E-state index contributed by atoms with van der Waals surface area (Å²) in [6.45, 7) is 3.21. The highest BCUT2D eigenvalue weighted by atomic mass is 19.1. The zero-order chi connectivity index (χ0) is 18.0. The second kappa shape index (κ2) is 6.82. The highest BCUT2D eigenvalue weighted by Gasteiger charge is 2.43. The number of carbonyl (C=O) groups excluding carboxylic acids is 2. The van der Waals surface area contributed by atoms with E-state index in [1.54, 1.807) is 13.8 Å². The van der Waals surface area contributed by atoms with Gasteiger partial charge >= 0.3 is 11.9 Å². The molecule has 0 fully saturated rings. The van der Waals surface area contributed by atoms with Gasteiger partial charge in [-0.25, -0.2) is 9.18 Å². The number of hydrogen-bond donors (Lipinski definition) is 1. The van der Waals surface area contributed by atoms with Crippen molar-refractivity contribution in [1.82, 2.24) is 0 Å². The van der Waals surface area contributed by atoms with Gasteiger partial charge in [0, 0.05) is 23.4 Å². The first kappa shape index (κ1) is 17.7. The maximum Gasteiger partial charge on any atom is 0.336 e. The van der Waals surface area contributed by atoms with Crippen molar-refractivity contribution in [3.05, 3.63) is 40.8 Å². The standard InChI is InChI=1S/C17H18FNO5/c1-8-13(16(21)23-3)15(11-6-5-10(20)7-12(11)18)14(9(2)19-8)17(22)24-4/h5-7,13,15,20H,1-4H3. The lowest BCUT2D eigenvalue weighted by atomic mass is 9.75. The Hall–Kier alpha value is -2.70. The van der Waals surface area contributed by atoms with Crippen molar-refractivity contribution in [1.29, 1.82) is 0 Å². The number of benzene rings is 1. The highest BCUT2D eigenvalue weighted by Crippen LogP contribution is 2.41. The molecule has 1 heterocycles. The van der Waals surface area contributed by atoms with E-state index in [0.29, 0.717) is 11.4 Å². The van der Waals surface area contributed by atoms with E-state index in [1.165, 1.54) is 26.4 Å². The summed E-state index contributed by atoms with van der Waals surface area (Å²) in [5.41, 5.74) is 0.918. The lowest BCUT2D eigenvalue weighted by molar-refractivity contribution is -0.143. The minimum absolute atomic E-state index is 0.0807. The van der Waals surface area contributed by atoms with Gasteiger partial charge in [0.05, 0.1) is 19.8 Å². The fourth-order valence-corrected chi connectivity index (χ4v) is 2.95. The van der Waals surface area contributed by atoms with E-state index in [2.05, 4.69) is 4.99 Å². The average molecular weight is 335 g/mol. The predicted molar refractivity (Wildman–Crippen MR) is 84.1 cm³/mol. The van der Waals surface area contributed by atoms with Crippen LogP contribution in [-0.4, -0.2) is 37.0 Å². The summed E-state index contributed by atoms with van der Waals surface area (Å²) in [7, 11) is 2.41. The number of allylic oxidation sites excluding steroid dienone is 1. The summed E-state index contributed by atoms with van der Waals surface area (Å²) < 4.78 is 24.0. The van der Waals surface area contributed by atoms with Gasteiger partial charge in [-0.05, 0) is 25.5 Å². The summed E-state index contributed by atoms with van der Waals surface area (Å²) in [6, 6.07) is 3.55. The third kappa shape index (κ3) is 3.02. The van der Waals surface area contributed by atoms with Gasteiger partial charge in [-0.3, -0.25) is 9.79 Å². The minimum Gasteiger partial charge on any atom is -0.508 e. The number of halogens is 1. The van der Waals surface area contributed by atoms with Crippen molar-refractivity contribution in [3.8, 4) is 5.75 Å². The van der Waals surface area contributed by atoms with Gasteiger partial charge in [0.25, 0.3) is 0 Å². The number of rotatable bonds is 3. The normalized spacial score (nSPS) is 20.5. The molecule has 1 aromatic rings. The summed E-state index contributed by atoms with van der Waals surface area (Å²) >= 11 is 0. The number of methoxy groups -OCH3 is 2. The molecule has 0 bridgehead atoms. The largest absolute Gasteiger partial charge is 0.508 e. The lowest BCUT2D eigenvalue weighted by Crippen LogP contribution is -2.36. The number of phenols is 1. The second-order valence-electron chi connectivity index (χ2n) is 5.43. The number of aliphatic imine (C=N–C) groups is 1. The first-order valence-electron chi connectivity index (χ1n) is 7.22. The van der Waals surface area contributed by atoms with Crippen molar-refractivity contribution >= 4 is 17.7 Å². The van der Waals surface area contributed by atoms with Crippen LogP contribution in [0.3, 0.4) is 0 Å². The quantitative estimate of drug-likeness (QED) is 0.857. The SMILES string of the molecule is COC(=O)C1=C(C)N=C(C)C(C(=O)OC)C1c1ccc(O)cc1F. The number of phenolic OH excluding ortho intramolecular Hbond substituents is 1. The molecule has 1 aliphatic heterocycles. The highest BCUT2D eigenvalue weighted by molar-refractivity contribution is 6.06. The molecule has 2 rings (SSSR count). The zero-order valence-electron chi connectivity index (χ0n) is 13.8. The van der Waals surface area contributed by atoms with E-state index in [9.17, 15) is 19.1 Å². The number of esters is 2. The Kier molecular flexibility index (Phi) is 5.02. The molecule has 0 aromatic heterocycles. The molecule has 6 nitrogen and oxygen atoms in total. The molecular formula is C17H18FNO5. The van der Waals surface area contributed by atoms with Gasteiger partial charge in [-0.1, -0.05) is 6.07 Å². The van der Waals surface area contributed by atoms with Gasteiger partial charge in [0.1, 0.15) is 17.5 Å². The van der Waals surface area contributed by atoms with E-state index in [0.717, 1.165) is 6.07 Å². The van der Waals surface area contributed by atoms with E-state index in [4.69, 9.17) is 9.47 Å². The Morgan fingerprint density at radius 2 is 1.88 bits per heavy atom.